The van der Waals surface area contributed by atoms with Gasteiger partial charge in [-0.2, -0.15) is 0 Å². The second kappa shape index (κ2) is 7.24. The number of primary amides is 1. The zero-order chi connectivity index (χ0) is 13.5. The standard InChI is InChI=1S/C11H22N2O4/c1-8(2)7-11(10(12)15,13-9(3)14)17-6-5-16-4/h8H,5-7H2,1-4H3,(H2,12,15)(H,13,14). The molecule has 6 heteroatoms. The molecule has 0 aromatic rings. The lowest BCUT2D eigenvalue weighted by atomic mass is 9.99. The SMILES string of the molecule is COCCOC(CC(C)C)(NC(C)=O)C(N)=O. The average Bonchev–Trinajstić information content (AvgIpc) is 2.15. The summed E-state index contributed by atoms with van der Waals surface area (Å²) in [5.41, 5.74) is 3.89. The van der Waals surface area contributed by atoms with Crippen LogP contribution in [0.5, 0.6) is 0 Å². The van der Waals surface area contributed by atoms with E-state index >= 15 is 0 Å². The van der Waals surface area contributed by atoms with Crippen LogP contribution in [0.1, 0.15) is 27.2 Å². The van der Waals surface area contributed by atoms with Gasteiger partial charge in [-0.05, 0) is 5.92 Å². The topological polar surface area (TPSA) is 90.7 Å². The van der Waals surface area contributed by atoms with E-state index in [1.54, 1.807) is 0 Å². The summed E-state index contributed by atoms with van der Waals surface area (Å²) in [6.07, 6.45) is 0.325. The molecular weight excluding hydrogens is 224 g/mol. The Balaban J connectivity index is 4.81. The molecule has 0 saturated heterocycles. The van der Waals surface area contributed by atoms with Gasteiger partial charge in [-0.3, -0.25) is 9.59 Å². The largest absolute Gasteiger partial charge is 0.382 e. The average molecular weight is 246 g/mol. The minimum Gasteiger partial charge on any atom is -0.382 e. The fraction of sp³-hybridized carbons (Fsp3) is 0.818. The van der Waals surface area contributed by atoms with E-state index in [4.69, 9.17) is 15.2 Å². The maximum absolute atomic E-state index is 11.5. The predicted octanol–water partition coefficient (Wildman–Crippen LogP) is 0.0132. The second-order valence-corrected chi connectivity index (χ2v) is 4.31. The molecule has 0 heterocycles. The third-order valence-corrected chi connectivity index (χ3v) is 2.11. The van der Waals surface area contributed by atoms with Crippen LogP contribution in [-0.2, 0) is 19.1 Å². The summed E-state index contributed by atoms with van der Waals surface area (Å²) in [5.74, 6) is -0.906. The maximum Gasteiger partial charge on any atom is 0.270 e. The van der Waals surface area contributed by atoms with Gasteiger partial charge in [-0.25, -0.2) is 0 Å². The minimum atomic E-state index is -1.45. The highest BCUT2D eigenvalue weighted by molar-refractivity contribution is 5.88. The van der Waals surface area contributed by atoms with Gasteiger partial charge < -0.3 is 20.5 Å². The van der Waals surface area contributed by atoms with Crippen molar-refractivity contribution in [1.82, 2.24) is 5.32 Å². The summed E-state index contributed by atoms with van der Waals surface area (Å²) in [6.45, 7) is 5.66. The molecule has 2 amide bonds. The van der Waals surface area contributed by atoms with Crippen LogP contribution >= 0.6 is 0 Å². The highest BCUT2D eigenvalue weighted by atomic mass is 16.5. The van der Waals surface area contributed by atoms with Gasteiger partial charge in [0, 0.05) is 20.5 Å². The molecule has 1 unspecified atom stereocenters. The summed E-state index contributed by atoms with van der Waals surface area (Å²) in [6, 6.07) is 0. The van der Waals surface area contributed by atoms with Gasteiger partial charge in [-0.15, -0.1) is 0 Å². The number of hydrogen-bond donors (Lipinski definition) is 2. The zero-order valence-electron chi connectivity index (χ0n) is 10.9. The summed E-state index contributed by atoms with van der Waals surface area (Å²) in [7, 11) is 1.52. The van der Waals surface area contributed by atoms with Crippen LogP contribution in [0.4, 0.5) is 0 Å². The Labute approximate surface area is 102 Å². The molecule has 3 N–H and O–H groups in total. The third-order valence-electron chi connectivity index (χ3n) is 2.11. The Kier molecular flexibility index (Phi) is 6.75. The number of ether oxygens (including phenoxy) is 2. The number of hydrogen-bond acceptors (Lipinski definition) is 4. The number of nitrogens with two attached hydrogens (primary N) is 1. The summed E-state index contributed by atoms with van der Waals surface area (Å²) in [4.78, 5) is 22.7. The van der Waals surface area contributed by atoms with E-state index in [-0.39, 0.29) is 18.4 Å². The summed E-state index contributed by atoms with van der Waals surface area (Å²) >= 11 is 0. The molecule has 0 aromatic heterocycles. The van der Waals surface area contributed by atoms with Gasteiger partial charge in [0.05, 0.1) is 13.2 Å². The van der Waals surface area contributed by atoms with Gasteiger partial charge in [0.25, 0.3) is 5.91 Å². The van der Waals surface area contributed by atoms with Crippen LogP contribution < -0.4 is 11.1 Å². The monoisotopic (exact) mass is 246 g/mol. The van der Waals surface area contributed by atoms with Gasteiger partial charge in [0.2, 0.25) is 11.6 Å². The van der Waals surface area contributed by atoms with E-state index in [0.29, 0.717) is 13.0 Å². The normalized spacial score (nSPS) is 14.4. The van der Waals surface area contributed by atoms with Gasteiger partial charge in [0.15, 0.2) is 0 Å². The molecule has 0 aliphatic carbocycles. The van der Waals surface area contributed by atoms with Crippen LogP contribution in [0, 0.1) is 5.92 Å². The molecule has 0 rings (SSSR count). The smallest absolute Gasteiger partial charge is 0.270 e. The van der Waals surface area contributed by atoms with Crippen molar-refractivity contribution >= 4 is 11.8 Å². The van der Waals surface area contributed by atoms with Crippen molar-refractivity contribution in [2.45, 2.75) is 32.9 Å². The molecule has 100 valence electrons. The quantitative estimate of drug-likeness (QED) is 0.466. The van der Waals surface area contributed by atoms with E-state index in [2.05, 4.69) is 5.32 Å². The third kappa shape index (κ3) is 5.65. The molecule has 0 aliphatic rings. The van der Waals surface area contributed by atoms with E-state index in [0.717, 1.165) is 0 Å². The molecule has 0 radical (unpaired) electrons. The van der Waals surface area contributed by atoms with Crippen molar-refractivity contribution in [3.05, 3.63) is 0 Å². The Morgan fingerprint density at radius 2 is 1.94 bits per heavy atom. The lowest BCUT2D eigenvalue weighted by molar-refractivity contribution is -0.159. The van der Waals surface area contributed by atoms with Crippen molar-refractivity contribution in [1.29, 1.82) is 0 Å². The first kappa shape index (κ1) is 15.9. The summed E-state index contributed by atoms with van der Waals surface area (Å²) < 4.78 is 10.3. The molecule has 0 fully saturated rings. The van der Waals surface area contributed by atoms with Gasteiger partial charge in [-0.1, -0.05) is 13.8 Å². The number of methoxy groups -OCH3 is 1. The molecule has 0 aromatic carbocycles. The molecule has 0 spiro atoms. The first-order chi connectivity index (χ1) is 7.84. The highest BCUT2D eigenvalue weighted by Gasteiger charge is 2.39. The fourth-order valence-corrected chi connectivity index (χ4v) is 1.54. The van der Waals surface area contributed by atoms with E-state index in [9.17, 15) is 9.59 Å². The molecule has 0 bridgehead atoms. The highest BCUT2D eigenvalue weighted by Crippen LogP contribution is 2.18. The summed E-state index contributed by atoms with van der Waals surface area (Å²) in [5, 5.41) is 2.49. The number of nitrogens with one attached hydrogen (secondary N) is 1. The minimum absolute atomic E-state index is 0.150. The maximum atomic E-state index is 11.5. The lowest BCUT2D eigenvalue weighted by Crippen LogP contribution is -2.60. The van der Waals surface area contributed by atoms with Gasteiger partial charge >= 0.3 is 0 Å². The van der Waals surface area contributed by atoms with Crippen LogP contribution in [0.2, 0.25) is 0 Å². The van der Waals surface area contributed by atoms with Crippen molar-refractivity contribution in [2.75, 3.05) is 20.3 Å². The number of amides is 2. The van der Waals surface area contributed by atoms with Crippen LogP contribution in [0.3, 0.4) is 0 Å². The van der Waals surface area contributed by atoms with E-state index < -0.39 is 11.6 Å². The van der Waals surface area contributed by atoms with Crippen molar-refractivity contribution < 1.29 is 19.1 Å². The number of carbonyl (C=O) groups excluding carboxylic acids is 2. The molecule has 0 saturated carbocycles. The number of carbonyl (C=O) groups is 2. The molecule has 0 aliphatic heterocycles. The predicted molar refractivity (Wildman–Crippen MR) is 63.0 cm³/mol. The first-order valence-corrected chi connectivity index (χ1v) is 5.55. The van der Waals surface area contributed by atoms with Crippen LogP contribution in [0.15, 0.2) is 0 Å². The molecular formula is C11H22N2O4. The Morgan fingerprint density at radius 3 is 2.29 bits per heavy atom. The van der Waals surface area contributed by atoms with E-state index in [1.807, 2.05) is 13.8 Å². The van der Waals surface area contributed by atoms with E-state index in [1.165, 1.54) is 14.0 Å². The lowest BCUT2D eigenvalue weighted by Gasteiger charge is -2.32. The Morgan fingerprint density at radius 1 is 1.35 bits per heavy atom. The zero-order valence-corrected chi connectivity index (χ0v) is 10.9. The van der Waals surface area contributed by atoms with Crippen molar-refractivity contribution in [3.8, 4) is 0 Å². The molecule has 17 heavy (non-hydrogen) atoms. The Hall–Kier alpha value is -1.14. The molecule has 6 nitrogen and oxygen atoms in total. The second-order valence-electron chi connectivity index (χ2n) is 4.31. The van der Waals surface area contributed by atoms with Crippen LogP contribution in [-0.4, -0.2) is 37.9 Å². The fourth-order valence-electron chi connectivity index (χ4n) is 1.54. The van der Waals surface area contributed by atoms with Gasteiger partial charge in [0.1, 0.15) is 0 Å². The van der Waals surface area contributed by atoms with Crippen molar-refractivity contribution in [2.24, 2.45) is 11.7 Å². The molecule has 1 atom stereocenters. The Bertz CT molecular complexity index is 268. The number of rotatable bonds is 8. The first-order valence-electron chi connectivity index (χ1n) is 5.55. The van der Waals surface area contributed by atoms with Crippen LogP contribution in [0.25, 0.3) is 0 Å². The van der Waals surface area contributed by atoms with Crippen molar-refractivity contribution in [3.63, 3.8) is 0 Å².